The van der Waals surface area contributed by atoms with Crippen LogP contribution in [-0.2, 0) is 5.41 Å². The van der Waals surface area contributed by atoms with E-state index in [0.717, 1.165) is 63.1 Å². The Morgan fingerprint density at radius 3 is 1.79 bits per heavy atom. The molecule has 6 N–H and O–H groups in total. The molecular formula is C43H36N4. The second kappa shape index (κ2) is 10.1. The monoisotopic (exact) mass is 608 g/mol. The van der Waals surface area contributed by atoms with E-state index in [-0.39, 0.29) is 5.41 Å². The molecule has 4 heteroatoms. The van der Waals surface area contributed by atoms with Crippen molar-refractivity contribution in [1.82, 2.24) is 0 Å². The number of nitrogens with one attached hydrogen (secondary N) is 2. The number of allylic oxidation sites excluding steroid dienone is 4. The summed E-state index contributed by atoms with van der Waals surface area (Å²) in [5, 5.41) is 17.1. The zero-order valence-electron chi connectivity index (χ0n) is 26.6. The van der Waals surface area contributed by atoms with Crippen LogP contribution in [-0.4, -0.2) is 0 Å². The average Bonchev–Trinajstić information content (AvgIpc) is 3.30. The summed E-state index contributed by atoms with van der Waals surface area (Å²) >= 11 is 0. The molecule has 2 aliphatic rings. The summed E-state index contributed by atoms with van der Waals surface area (Å²) in [5.74, 6) is 0. The van der Waals surface area contributed by atoms with Crippen molar-refractivity contribution in [2.24, 2.45) is 5.73 Å². The first-order valence-corrected chi connectivity index (χ1v) is 16.4. The van der Waals surface area contributed by atoms with Crippen molar-refractivity contribution in [2.45, 2.75) is 32.1 Å². The van der Waals surface area contributed by atoms with Crippen LogP contribution in [0.5, 0.6) is 0 Å². The fourth-order valence-electron chi connectivity index (χ4n) is 7.88. The molecule has 0 saturated heterocycles. The third-order valence-corrected chi connectivity index (χ3v) is 10.3. The zero-order valence-corrected chi connectivity index (χ0v) is 26.6. The first-order valence-electron chi connectivity index (χ1n) is 16.4. The SMILES string of the molecule is CC1(C)C2=C(CCC(N)=C2)c2cc3c(Nc4ccc5ccccc5c4)c4cc(N)ccc4c(Nc4ccc5ccccc5c4)c3cc21. The van der Waals surface area contributed by atoms with Crippen molar-refractivity contribution < 1.29 is 0 Å². The quantitative estimate of drug-likeness (QED) is 0.0911. The van der Waals surface area contributed by atoms with Crippen LogP contribution in [0.3, 0.4) is 0 Å². The number of nitrogen functional groups attached to an aromatic ring is 1. The van der Waals surface area contributed by atoms with Gasteiger partial charge in [0.05, 0.1) is 11.4 Å². The molecule has 0 amide bonds. The van der Waals surface area contributed by atoms with Gasteiger partial charge in [0.25, 0.3) is 0 Å². The van der Waals surface area contributed by atoms with Gasteiger partial charge in [-0.1, -0.05) is 80.6 Å². The fourth-order valence-corrected chi connectivity index (χ4v) is 7.88. The average molecular weight is 609 g/mol. The number of fused-ring (bicyclic) bond motifs is 6. The van der Waals surface area contributed by atoms with Crippen molar-refractivity contribution in [3.63, 3.8) is 0 Å². The number of anilines is 5. The van der Waals surface area contributed by atoms with Crippen LogP contribution in [0.25, 0.3) is 48.7 Å². The van der Waals surface area contributed by atoms with Gasteiger partial charge in [0.2, 0.25) is 0 Å². The largest absolute Gasteiger partial charge is 0.402 e. The highest BCUT2D eigenvalue weighted by Gasteiger charge is 2.38. The van der Waals surface area contributed by atoms with Gasteiger partial charge in [0, 0.05) is 49.7 Å². The molecular weight excluding hydrogens is 573 g/mol. The van der Waals surface area contributed by atoms with E-state index >= 15 is 0 Å². The van der Waals surface area contributed by atoms with Crippen LogP contribution < -0.4 is 22.1 Å². The highest BCUT2D eigenvalue weighted by molar-refractivity contribution is 6.22. The summed E-state index contributed by atoms with van der Waals surface area (Å²) in [7, 11) is 0. The van der Waals surface area contributed by atoms with E-state index in [9.17, 15) is 0 Å². The molecule has 7 aromatic carbocycles. The Morgan fingerprint density at radius 2 is 1.13 bits per heavy atom. The van der Waals surface area contributed by atoms with Crippen LogP contribution in [0, 0.1) is 0 Å². The summed E-state index contributed by atoms with van der Waals surface area (Å²) in [6.45, 7) is 4.67. The zero-order chi connectivity index (χ0) is 31.9. The van der Waals surface area contributed by atoms with E-state index < -0.39 is 0 Å². The second-order valence-corrected chi connectivity index (χ2v) is 13.6. The smallest absolute Gasteiger partial charge is 0.0546 e. The summed E-state index contributed by atoms with van der Waals surface area (Å²) in [4.78, 5) is 0. The first-order chi connectivity index (χ1) is 22.8. The van der Waals surface area contributed by atoms with E-state index in [0.29, 0.717) is 0 Å². The summed E-state index contributed by atoms with van der Waals surface area (Å²) in [6.07, 6.45) is 4.07. The molecule has 0 radical (unpaired) electrons. The van der Waals surface area contributed by atoms with Crippen LogP contribution in [0.15, 0.2) is 133 Å². The van der Waals surface area contributed by atoms with E-state index in [2.05, 4.69) is 140 Å². The maximum atomic E-state index is 6.52. The minimum atomic E-state index is -0.161. The van der Waals surface area contributed by atoms with Crippen molar-refractivity contribution in [3.8, 4) is 0 Å². The Balaban J connectivity index is 1.33. The Labute approximate surface area is 274 Å². The molecule has 0 heterocycles. The predicted molar refractivity (Wildman–Crippen MR) is 202 cm³/mol. The lowest BCUT2D eigenvalue weighted by Crippen LogP contribution is -2.18. The van der Waals surface area contributed by atoms with Crippen molar-refractivity contribution >= 4 is 77.1 Å². The minimum absolute atomic E-state index is 0.161. The van der Waals surface area contributed by atoms with Gasteiger partial charge in [-0.2, -0.15) is 0 Å². The molecule has 4 nitrogen and oxygen atoms in total. The van der Waals surface area contributed by atoms with E-state index in [1.807, 2.05) is 6.07 Å². The molecule has 0 atom stereocenters. The van der Waals surface area contributed by atoms with Gasteiger partial charge in [-0.05, 0) is 111 Å². The predicted octanol–water partition coefficient (Wildman–Crippen LogP) is 11.0. The minimum Gasteiger partial charge on any atom is -0.402 e. The maximum absolute atomic E-state index is 6.52. The third-order valence-electron chi connectivity index (χ3n) is 10.3. The van der Waals surface area contributed by atoms with Gasteiger partial charge in [-0.15, -0.1) is 0 Å². The van der Waals surface area contributed by atoms with Crippen molar-refractivity contribution in [2.75, 3.05) is 16.4 Å². The molecule has 47 heavy (non-hydrogen) atoms. The Bertz CT molecular complexity index is 2520. The lowest BCUT2D eigenvalue weighted by Gasteiger charge is -2.26. The summed E-state index contributed by atoms with van der Waals surface area (Å²) in [6, 6.07) is 41.3. The molecule has 0 fully saturated rings. The van der Waals surface area contributed by atoms with Crippen molar-refractivity contribution in [1.29, 1.82) is 0 Å². The van der Waals surface area contributed by atoms with Crippen LogP contribution in [0.4, 0.5) is 28.4 Å². The Hall–Kier alpha value is -5.74. The normalized spacial score (nSPS) is 15.2. The second-order valence-electron chi connectivity index (χ2n) is 13.6. The maximum Gasteiger partial charge on any atom is 0.0546 e. The number of rotatable bonds is 4. The van der Waals surface area contributed by atoms with E-state index in [4.69, 9.17) is 11.5 Å². The lowest BCUT2D eigenvalue weighted by molar-refractivity contribution is 0.650. The molecule has 0 bridgehead atoms. The first kappa shape index (κ1) is 27.6. The molecule has 2 aliphatic carbocycles. The molecule has 0 unspecified atom stereocenters. The van der Waals surface area contributed by atoms with E-state index in [1.54, 1.807) is 0 Å². The van der Waals surface area contributed by atoms with Gasteiger partial charge in [0.15, 0.2) is 0 Å². The number of hydrogen-bond donors (Lipinski definition) is 4. The van der Waals surface area contributed by atoms with Gasteiger partial charge in [-0.3, -0.25) is 0 Å². The van der Waals surface area contributed by atoms with Gasteiger partial charge in [0.1, 0.15) is 0 Å². The molecule has 7 aromatic rings. The van der Waals surface area contributed by atoms with Crippen molar-refractivity contribution in [3.05, 3.63) is 144 Å². The number of nitrogens with two attached hydrogens (primary N) is 2. The Morgan fingerprint density at radius 1 is 0.553 bits per heavy atom. The van der Waals surface area contributed by atoms with Gasteiger partial charge < -0.3 is 22.1 Å². The van der Waals surface area contributed by atoms with Crippen LogP contribution in [0.2, 0.25) is 0 Å². The Kier molecular flexibility index (Phi) is 5.94. The summed E-state index contributed by atoms with van der Waals surface area (Å²) < 4.78 is 0. The van der Waals surface area contributed by atoms with Gasteiger partial charge >= 0.3 is 0 Å². The number of hydrogen-bond acceptors (Lipinski definition) is 4. The highest BCUT2D eigenvalue weighted by Crippen LogP contribution is 2.54. The molecule has 0 saturated carbocycles. The molecule has 0 aliphatic heterocycles. The summed E-state index contributed by atoms with van der Waals surface area (Å²) in [5.41, 5.74) is 24.1. The third kappa shape index (κ3) is 4.36. The van der Waals surface area contributed by atoms with Gasteiger partial charge in [-0.25, -0.2) is 0 Å². The lowest BCUT2D eigenvalue weighted by atomic mass is 9.79. The van der Waals surface area contributed by atoms with E-state index in [1.165, 1.54) is 49.2 Å². The highest BCUT2D eigenvalue weighted by atomic mass is 14.9. The molecule has 0 spiro atoms. The fraction of sp³-hybridized carbons (Fsp3) is 0.116. The number of benzene rings is 7. The topological polar surface area (TPSA) is 76.1 Å². The molecule has 0 aromatic heterocycles. The van der Waals surface area contributed by atoms with Crippen LogP contribution in [0.1, 0.15) is 37.8 Å². The molecule has 228 valence electrons. The van der Waals surface area contributed by atoms with Crippen LogP contribution >= 0.6 is 0 Å². The molecule has 9 rings (SSSR count). The standard InChI is InChI=1S/C43H36N4/c1-43(2)39-22-30(45)13-17-33(39)35-23-37-38(24-40(35)43)41(46-31-15-11-25-7-3-5-9-27(25)19-31)34-18-14-29(44)21-36(34)42(37)47-32-16-12-26-8-4-6-10-28(26)20-32/h3-12,14-16,18-24,46-47H,13,17,44-45H2,1-2H3.